The summed E-state index contributed by atoms with van der Waals surface area (Å²) in [6.07, 6.45) is 2.36. The average molecular weight is 292 g/mol. The van der Waals surface area contributed by atoms with Crippen molar-refractivity contribution < 1.29 is 0 Å². The minimum absolute atomic E-state index is 0.609. The predicted octanol–water partition coefficient (Wildman–Crippen LogP) is 3.45. The third-order valence-corrected chi connectivity index (χ3v) is 5.27. The van der Waals surface area contributed by atoms with Crippen molar-refractivity contribution in [3.63, 3.8) is 0 Å². The van der Waals surface area contributed by atoms with Crippen LogP contribution in [0.5, 0.6) is 0 Å². The van der Waals surface area contributed by atoms with E-state index in [0.29, 0.717) is 5.92 Å². The summed E-state index contributed by atoms with van der Waals surface area (Å²) in [5, 5.41) is 0. The molecule has 0 amide bonds. The molecule has 0 radical (unpaired) electrons. The van der Waals surface area contributed by atoms with Gasteiger partial charge in [-0.25, -0.2) is 0 Å². The Bertz CT molecular complexity index is 692. The maximum atomic E-state index is 2.47. The first kappa shape index (κ1) is 13.8. The maximum absolute atomic E-state index is 2.47. The molecule has 2 heterocycles. The van der Waals surface area contributed by atoms with Crippen molar-refractivity contribution in [2.45, 2.75) is 25.3 Å². The standard InChI is InChI=1S/C20H24N2/c1-21-10-9-15-7-8-16(11-18(15)13-21)19-12-17-5-3-4-6-20(17)22(2)14-19/h3-8,11,19H,9-10,12-14H2,1-2H3. The fourth-order valence-electron chi connectivity index (χ4n) is 4.01. The number of nitrogens with zero attached hydrogens (tertiary/aromatic N) is 2. The molecule has 22 heavy (non-hydrogen) atoms. The van der Waals surface area contributed by atoms with Crippen LogP contribution in [0.4, 0.5) is 5.69 Å². The molecule has 2 aromatic rings. The highest BCUT2D eigenvalue weighted by atomic mass is 15.1. The normalized spacial score (nSPS) is 21.4. The van der Waals surface area contributed by atoms with Crippen molar-refractivity contribution in [1.29, 1.82) is 0 Å². The van der Waals surface area contributed by atoms with Crippen molar-refractivity contribution in [1.82, 2.24) is 4.90 Å². The van der Waals surface area contributed by atoms with E-state index in [2.05, 4.69) is 66.4 Å². The first-order valence-corrected chi connectivity index (χ1v) is 8.30. The monoisotopic (exact) mass is 292 g/mol. The van der Waals surface area contributed by atoms with Crippen LogP contribution in [-0.4, -0.2) is 32.1 Å². The van der Waals surface area contributed by atoms with E-state index in [1.807, 2.05) is 0 Å². The Hall–Kier alpha value is -1.80. The number of benzene rings is 2. The van der Waals surface area contributed by atoms with Gasteiger partial charge in [-0.15, -0.1) is 0 Å². The van der Waals surface area contributed by atoms with E-state index in [1.165, 1.54) is 35.3 Å². The Kier molecular flexibility index (Phi) is 3.42. The third-order valence-electron chi connectivity index (χ3n) is 5.27. The molecule has 2 nitrogen and oxygen atoms in total. The van der Waals surface area contributed by atoms with Crippen molar-refractivity contribution in [3.8, 4) is 0 Å². The number of rotatable bonds is 1. The summed E-state index contributed by atoms with van der Waals surface area (Å²) >= 11 is 0. The summed E-state index contributed by atoms with van der Waals surface area (Å²) in [5.41, 5.74) is 7.47. The van der Waals surface area contributed by atoms with Crippen LogP contribution in [0.2, 0.25) is 0 Å². The molecule has 1 atom stereocenters. The second-order valence-corrected chi connectivity index (χ2v) is 6.93. The predicted molar refractivity (Wildman–Crippen MR) is 92.6 cm³/mol. The molecule has 4 rings (SSSR count). The second-order valence-electron chi connectivity index (χ2n) is 6.93. The average Bonchev–Trinajstić information content (AvgIpc) is 2.54. The largest absolute Gasteiger partial charge is 0.374 e. The third kappa shape index (κ3) is 2.42. The number of hydrogen-bond donors (Lipinski definition) is 0. The highest BCUT2D eigenvalue weighted by molar-refractivity contribution is 5.56. The van der Waals surface area contributed by atoms with Crippen LogP contribution in [0.25, 0.3) is 0 Å². The van der Waals surface area contributed by atoms with Crippen LogP contribution >= 0.6 is 0 Å². The van der Waals surface area contributed by atoms with Crippen molar-refractivity contribution >= 4 is 5.69 Å². The van der Waals surface area contributed by atoms with Crippen LogP contribution in [0.3, 0.4) is 0 Å². The minimum atomic E-state index is 0.609. The molecule has 0 saturated carbocycles. The number of likely N-dealkylation sites (N-methyl/N-ethyl adjacent to an activating group) is 2. The minimum Gasteiger partial charge on any atom is -0.374 e. The zero-order chi connectivity index (χ0) is 15.1. The van der Waals surface area contributed by atoms with Gasteiger partial charge in [0.25, 0.3) is 0 Å². The van der Waals surface area contributed by atoms with E-state index in [9.17, 15) is 0 Å². The topological polar surface area (TPSA) is 6.48 Å². The van der Waals surface area contributed by atoms with Gasteiger partial charge in [0, 0.05) is 38.3 Å². The molecule has 0 saturated heterocycles. The van der Waals surface area contributed by atoms with Gasteiger partial charge in [-0.2, -0.15) is 0 Å². The van der Waals surface area contributed by atoms with E-state index < -0.39 is 0 Å². The first-order chi connectivity index (χ1) is 10.7. The van der Waals surface area contributed by atoms with Crippen LogP contribution in [0.1, 0.15) is 28.2 Å². The lowest BCUT2D eigenvalue weighted by molar-refractivity contribution is 0.312. The van der Waals surface area contributed by atoms with Crippen LogP contribution < -0.4 is 4.90 Å². The molecule has 0 bridgehead atoms. The molecule has 0 fully saturated rings. The maximum Gasteiger partial charge on any atom is 0.0396 e. The summed E-state index contributed by atoms with van der Waals surface area (Å²) in [6.45, 7) is 3.40. The lowest BCUT2D eigenvalue weighted by Gasteiger charge is -2.34. The van der Waals surface area contributed by atoms with Crippen molar-refractivity contribution in [2.75, 3.05) is 32.1 Å². The van der Waals surface area contributed by atoms with Crippen LogP contribution in [0, 0.1) is 0 Å². The SMILES string of the molecule is CN1CCc2ccc(C3Cc4ccccc4N(C)C3)cc2C1. The Morgan fingerprint density at radius 3 is 2.73 bits per heavy atom. The van der Waals surface area contributed by atoms with E-state index in [0.717, 1.165) is 19.5 Å². The Morgan fingerprint density at radius 1 is 0.955 bits per heavy atom. The molecular weight excluding hydrogens is 268 g/mol. The van der Waals surface area contributed by atoms with E-state index in [1.54, 1.807) is 5.56 Å². The number of fused-ring (bicyclic) bond motifs is 2. The Morgan fingerprint density at radius 2 is 1.82 bits per heavy atom. The Labute approximate surface area is 133 Å². The second kappa shape index (κ2) is 5.44. The first-order valence-electron chi connectivity index (χ1n) is 8.30. The van der Waals surface area contributed by atoms with E-state index in [-0.39, 0.29) is 0 Å². The summed E-state index contributed by atoms with van der Waals surface area (Å²) in [6, 6.07) is 16.0. The summed E-state index contributed by atoms with van der Waals surface area (Å²) in [7, 11) is 4.44. The molecular formula is C20H24N2. The molecule has 0 N–H and O–H groups in total. The number of anilines is 1. The number of hydrogen-bond acceptors (Lipinski definition) is 2. The van der Waals surface area contributed by atoms with Gasteiger partial charge < -0.3 is 9.80 Å². The van der Waals surface area contributed by atoms with Gasteiger partial charge in [0.05, 0.1) is 0 Å². The summed E-state index contributed by atoms with van der Waals surface area (Å²) < 4.78 is 0. The lowest BCUT2D eigenvalue weighted by Crippen LogP contribution is -2.31. The lowest BCUT2D eigenvalue weighted by atomic mass is 9.85. The summed E-state index contributed by atoms with van der Waals surface area (Å²) in [5.74, 6) is 0.609. The zero-order valence-corrected chi connectivity index (χ0v) is 13.5. The van der Waals surface area contributed by atoms with E-state index >= 15 is 0 Å². The molecule has 0 aliphatic carbocycles. The molecule has 0 aromatic heterocycles. The van der Waals surface area contributed by atoms with Crippen molar-refractivity contribution in [3.05, 3.63) is 64.7 Å². The summed E-state index contributed by atoms with van der Waals surface area (Å²) in [4.78, 5) is 4.84. The van der Waals surface area contributed by atoms with Crippen molar-refractivity contribution in [2.24, 2.45) is 0 Å². The fourth-order valence-corrected chi connectivity index (χ4v) is 4.01. The highest BCUT2D eigenvalue weighted by Crippen LogP contribution is 2.34. The Balaban J connectivity index is 1.65. The van der Waals surface area contributed by atoms with Gasteiger partial charge in [0.15, 0.2) is 0 Å². The van der Waals surface area contributed by atoms with Gasteiger partial charge in [-0.05, 0) is 48.2 Å². The quantitative estimate of drug-likeness (QED) is 0.794. The number of para-hydroxylation sites is 1. The zero-order valence-electron chi connectivity index (χ0n) is 13.5. The molecule has 114 valence electrons. The van der Waals surface area contributed by atoms with Gasteiger partial charge in [-0.3, -0.25) is 0 Å². The molecule has 2 heteroatoms. The molecule has 2 aliphatic heterocycles. The van der Waals surface area contributed by atoms with Gasteiger partial charge in [0.1, 0.15) is 0 Å². The smallest absolute Gasteiger partial charge is 0.0396 e. The molecule has 2 aliphatic rings. The molecule has 0 spiro atoms. The highest BCUT2D eigenvalue weighted by Gasteiger charge is 2.24. The van der Waals surface area contributed by atoms with Gasteiger partial charge in [-0.1, -0.05) is 36.4 Å². The van der Waals surface area contributed by atoms with Gasteiger partial charge in [0.2, 0.25) is 0 Å². The van der Waals surface area contributed by atoms with Crippen LogP contribution in [-0.2, 0) is 19.4 Å². The van der Waals surface area contributed by atoms with E-state index in [4.69, 9.17) is 0 Å². The molecule has 1 unspecified atom stereocenters. The van der Waals surface area contributed by atoms with Gasteiger partial charge >= 0.3 is 0 Å². The molecule has 2 aromatic carbocycles. The fraction of sp³-hybridized carbons (Fsp3) is 0.400. The van der Waals surface area contributed by atoms with Crippen LogP contribution in [0.15, 0.2) is 42.5 Å².